The van der Waals surface area contributed by atoms with E-state index in [1.54, 1.807) is 38.2 Å². The zero-order valence-corrected chi connectivity index (χ0v) is 13.7. The van der Waals surface area contributed by atoms with Crippen molar-refractivity contribution in [2.45, 2.75) is 39.2 Å². The van der Waals surface area contributed by atoms with Gasteiger partial charge in [0.25, 0.3) is 11.8 Å². The summed E-state index contributed by atoms with van der Waals surface area (Å²) in [5.41, 5.74) is 4.37. The third-order valence-electron chi connectivity index (χ3n) is 3.09. The van der Waals surface area contributed by atoms with Crippen LogP contribution in [0.15, 0.2) is 24.3 Å². The molecule has 5 nitrogen and oxygen atoms in total. The Bertz CT molecular complexity index is 501. The summed E-state index contributed by atoms with van der Waals surface area (Å²) < 4.78 is 0. The van der Waals surface area contributed by atoms with Crippen molar-refractivity contribution < 1.29 is 9.59 Å². The average Bonchev–Trinajstić information content (AvgIpc) is 2.36. The number of nitrogens with one attached hydrogen (secondary N) is 2. The number of hydrogen-bond donors (Lipinski definition) is 2. The smallest absolute Gasteiger partial charge is 0.256 e. The first-order valence-corrected chi connectivity index (χ1v) is 7.00. The fourth-order valence-corrected chi connectivity index (χ4v) is 1.78. The predicted octanol–water partition coefficient (Wildman–Crippen LogP) is 1.70. The Morgan fingerprint density at radius 2 is 1.62 bits per heavy atom. The van der Waals surface area contributed by atoms with Crippen molar-refractivity contribution >= 4 is 11.8 Å². The summed E-state index contributed by atoms with van der Waals surface area (Å²) in [5, 5.41) is 4.23. The second-order valence-electron chi connectivity index (χ2n) is 6.39. The largest absolute Gasteiger partial charge is 0.340 e. The van der Waals surface area contributed by atoms with Gasteiger partial charge in [-0.15, -0.1) is 0 Å². The van der Waals surface area contributed by atoms with E-state index in [0.717, 1.165) is 5.56 Å². The van der Waals surface area contributed by atoms with E-state index in [0.29, 0.717) is 5.56 Å². The third-order valence-corrected chi connectivity index (χ3v) is 3.09. The minimum absolute atomic E-state index is 0.0495. The zero-order valence-electron chi connectivity index (χ0n) is 13.7. The van der Waals surface area contributed by atoms with Gasteiger partial charge in [0.15, 0.2) is 0 Å². The normalized spacial score (nSPS) is 12.9. The van der Waals surface area contributed by atoms with Gasteiger partial charge in [0, 0.05) is 19.7 Å². The molecular weight excluding hydrogens is 266 g/mol. The van der Waals surface area contributed by atoms with Gasteiger partial charge in [0.1, 0.15) is 6.04 Å². The molecule has 21 heavy (non-hydrogen) atoms. The number of amides is 2. The summed E-state index contributed by atoms with van der Waals surface area (Å²) in [5.74, 6) is -0.503. The van der Waals surface area contributed by atoms with E-state index in [9.17, 15) is 9.59 Å². The van der Waals surface area contributed by atoms with Crippen LogP contribution in [0.1, 0.15) is 43.6 Å². The van der Waals surface area contributed by atoms with Crippen LogP contribution in [0.3, 0.4) is 0 Å². The van der Waals surface area contributed by atoms with Crippen LogP contribution in [-0.4, -0.2) is 37.0 Å². The molecule has 2 N–H and O–H groups in total. The van der Waals surface area contributed by atoms with E-state index < -0.39 is 6.04 Å². The fraction of sp³-hybridized carbons (Fsp3) is 0.500. The van der Waals surface area contributed by atoms with Gasteiger partial charge in [-0.25, -0.2) is 5.01 Å². The van der Waals surface area contributed by atoms with E-state index in [1.807, 2.05) is 12.1 Å². The number of nitrogens with zero attached hydrogens (tertiary/aromatic N) is 1. The summed E-state index contributed by atoms with van der Waals surface area (Å²) in [4.78, 5) is 23.8. The number of carbonyl (C=O) groups is 2. The molecule has 0 aliphatic rings. The van der Waals surface area contributed by atoms with E-state index in [4.69, 9.17) is 0 Å². The molecule has 5 heteroatoms. The summed E-state index contributed by atoms with van der Waals surface area (Å²) in [6, 6.07) is 6.86. The van der Waals surface area contributed by atoms with Crippen LogP contribution < -0.4 is 10.7 Å². The van der Waals surface area contributed by atoms with Crippen LogP contribution in [0.25, 0.3) is 0 Å². The summed E-state index contributed by atoms with van der Waals surface area (Å²) in [6.07, 6.45) is 0. The first-order valence-electron chi connectivity index (χ1n) is 7.00. The SMILES string of the molecule is CC(NC(=O)c1ccc(C(C)(C)C)cc1)C(=O)NN(C)C. The Hall–Kier alpha value is -1.88. The van der Waals surface area contributed by atoms with Crippen molar-refractivity contribution in [3.63, 3.8) is 0 Å². The molecule has 0 fully saturated rings. The van der Waals surface area contributed by atoms with E-state index >= 15 is 0 Å². The molecule has 0 aliphatic carbocycles. The molecule has 1 atom stereocenters. The molecule has 0 radical (unpaired) electrons. The quantitative estimate of drug-likeness (QED) is 0.830. The van der Waals surface area contributed by atoms with Gasteiger partial charge in [-0.1, -0.05) is 32.9 Å². The number of hydrazine groups is 1. The average molecular weight is 291 g/mol. The highest BCUT2D eigenvalue weighted by Crippen LogP contribution is 2.22. The minimum Gasteiger partial charge on any atom is -0.340 e. The lowest BCUT2D eigenvalue weighted by molar-refractivity contribution is -0.126. The molecule has 1 aromatic carbocycles. The Labute approximate surface area is 126 Å². The molecule has 0 spiro atoms. The molecule has 0 aliphatic heterocycles. The molecule has 2 amide bonds. The maximum absolute atomic E-state index is 12.1. The molecule has 0 heterocycles. The predicted molar refractivity (Wildman–Crippen MR) is 83.9 cm³/mol. The number of carbonyl (C=O) groups excluding carboxylic acids is 2. The lowest BCUT2D eigenvalue weighted by Crippen LogP contribution is -2.48. The summed E-state index contributed by atoms with van der Waals surface area (Å²) in [6.45, 7) is 8.02. The highest BCUT2D eigenvalue weighted by atomic mass is 16.2. The Morgan fingerprint density at radius 3 is 2.05 bits per heavy atom. The minimum atomic E-state index is -0.595. The molecule has 1 rings (SSSR count). The first-order chi connectivity index (χ1) is 9.61. The Morgan fingerprint density at radius 1 is 1.10 bits per heavy atom. The van der Waals surface area contributed by atoms with Crippen LogP contribution in [0.5, 0.6) is 0 Å². The van der Waals surface area contributed by atoms with Crippen LogP contribution in [0.4, 0.5) is 0 Å². The maximum atomic E-state index is 12.1. The highest BCUT2D eigenvalue weighted by molar-refractivity contribution is 5.97. The Kier molecular flexibility index (Phi) is 5.49. The third kappa shape index (κ3) is 5.19. The maximum Gasteiger partial charge on any atom is 0.256 e. The van der Waals surface area contributed by atoms with Crippen LogP contribution >= 0.6 is 0 Å². The molecule has 1 unspecified atom stereocenters. The van der Waals surface area contributed by atoms with Crippen molar-refractivity contribution in [1.29, 1.82) is 0 Å². The van der Waals surface area contributed by atoms with E-state index in [1.165, 1.54) is 0 Å². The van der Waals surface area contributed by atoms with Gasteiger partial charge in [0.05, 0.1) is 0 Å². The van der Waals surface area contributed by atoms with Crippen LogP contribution in [0, 0.1) is 0 Å². The van der Waals surface area contributed by atoms with Crippen molar-refractivity contribution in [2.24, 2.45) is 0 Å². The molecule has 0 aromatic heterocycles. The second kappa shape index (κ2) is 6.72. The number of benzene rings is 1. The topological polar surface area (TPSA) is 61.4 Å². The van der Waals surface area contributed by atoms with Crippen molar-refractivity contribution in [1.82, 2.24) is 15.8 Å². The van der Waals surface area contributed by atoms with E-state index in [-0.39, 0.29) is 17.2 Å². The molecule has 0 saturated carbocycles. The number of rotatable bonds is 4. The summed E-state index contributed by atoms with van der Waals surface area (Å²) >= 11 is 0. The monoisotopic (exact) mass is 291 g/mol. The van der Waals surface area contributed by atoms with Crippen LogP contribution in [0.2, 0.25) is 0 Å². The summed E-state index contributed by atoms with van der Waals surface area (Å²) in [7, 11) is 3.44. The molecule has 1 aromatic rings. The van der Waals surface area contributed by atoms with Gasteiger partial charge < -0.3 is 5.32 Å². The first kappa shape index (κ1) is 17.2. The van der Waals surface area contributed by atoms with E-state index in [2.05, 4.69) is 31.5 Å². The fourth-order valence-electron chi connectivity index (χ4n) is 1.78. The van der Waals surface area contributed by atoms with Gasteiger partial charge in [-0.3, -0.25) is 15.0 Å². The molecule has 0 bridgehead atoms. The lowest BCUT2D eigenvalue weighted by atomic mass is 9.86. The van der Waals surface area contributed by atoms with Gasteiger partial charge >= 0.3 is 0 Å². The zero-order chi connectivity index (χ0) is 16.2. The van der Waals surface area contributed by atoms with Crippen molar-refractivity contribution in [3.8, 4) is 0 Å². The van der Waals surface area contributed by atoms with Crippen molar-refractivity contribution in [2.75, 3.05) is 14.1 Å². The van der Waals surface area contributed by atoms with Crippen molar-refractivity contribution in [3.05, 3.63) is 35.4 Å². The van der Waals surface area contributed by atoms with Crippen LogP contribution in [-0.2, 0) is 10.2 Å². The van der Waals surface area contributed by atoms with Gasteiger partial charge in [-0.2, -0.15) is 0 Å². The standard InChI is InChI=1S/C16H25N3O2/c1-11(14(20)18-19(5)6)17-15(21)12-7-9-13(10-8-12)16(2,3)4/h7-11H,1-6H3,(H,17,21)(H,18,20). The lowest BCUT2D eigenvalue weighted by Gasteiger charge is -2.20. The highest BCUT2D eigenvalue weighted by Gasteiger charge is 2.18. The molecular formula is C16H25N3O2. The van der Waals surface area contributed by atoms with Gasteiger partial charge in [-0.05, 0) is 30.0 Å². The Balaban J connectivity index is 2.70. The van der Waals surface area contributed by atoms with Gasteiger partial charge in [0.2, 0.25) is 0 Å². The molecule has 0 saturated heterocycles. The second-order valence-corrected chi connectivity index (χ2v) is 6.39. The number of hydrogen-bond acceptors (Lipinski definition) is 3. The molecule has 116 valence electrons.